The first-order valence-corrected chi connectivity index (χ1v) is 5.92. The van der Waals surface area contributed by atoms with Crippen molar-refractivity contribution in [2.24, 2.45) is 5.92 Å². The Morgan fingerprint density at radius 3 is 2.59 bits per heavy atom. The molecule has 0 bridgehead atoms. The van der Waals surface area contributed by atoms with Crippen LogP contribution in [-0.2, 0) is 9.47 Å². The molecule has 1 saturated heterocycles. The zero-order valence-electron chi connectivity index (χ0n) is 10.5. The van der Waals surface area contributed by atoms with Gasteiger partial charge in [-0.1, -0.05) is 30.7 Å². The van der Waals surface area contributed by atoms with Gasteiger partial charge in [0.25, 0.3) is 0 Å². The van der Waals surface area contributed by atoms with E-state index in [4.69, 9.17) is 21.1 Å². The van der Waals surface area contributed by atoms with Crippen LogP contribution in [0.15, 0.2) is 24.3 Å². The minimum absolute atomic E-state index is 0. The summed E-state index contributed by atoms with van der Waals surface area (Å²) in [6.45, 7) is 5.99. The summed E-state index contributed by atoms with van der Waals surface area (Å²) >= 11 is 5.84. The van der Waals surface area contributed by atoms with E-state index in [-0.39, 0.29) is 81.3 Å². The summed E-state index contributed by atoms with van der Waals surface area (Å²) in [5.41, 5.74) is 1.12. The second kappa shape index (κ2) is 7.92. The third kappa shape index (κ3) is 5.17. The molecule has 1 heterocycles. The van der Waals surface area contributed by atoms with E-state index in [1.807, 2.05) is 37.8 Å². The Morgan fingerprint density at radius 1 is 1.41 bits per heavy atom. The summed E-state index contributed by atoms with van der Waals surface area (Å²) in [7, 11) is 0. The van der Waals surface area contributed by atoms with Crippen molar-refractivity contribution in [2.45, 2.75) is 32.7 Å². The Labute approximate surface area is 167 Å². The number of halogens is 1. The maximum absolute atomic E-state index is 5.84. The van der Waals surface area contributed by atoms with Crippen LogP contribution in [0.4, 0.5) is 0 Å². The van der Waals surface area contributed by atoms with E-state index < -0.39 is 0 Å². The van der Waals surface area contributed by atoms with Crippen molar-refractivity contribution in [3.8, 4) is 0 Å². The standard InChI is InChI=1S/C13H16ClO2.Cs/c1-9-7-13(15-8-9)16-10(2)11-3-5-12(14)6-4-11;/h3-6,8-10,13H,7H2,1-2H3;/q-1;+1/t9-,10?,13?;/m1./s1. The van der Waals surface area contributed by atoms with Crippen molar-refractivity contribution < 1.29 is 78.4 Å². The van der Waals surface area contributed by atoms with Crippen molar-refractivity contribution >= 4 is 11.6 Å². The normalized spacial score (nSPS) is 25.4. The molecule has 0 aromatic heterocycles. The zero-order valence-corrected chi connectivity index (χ0v) is 17.6. The molecule has 4 heteroatoms. The van der Waals surface area contributed by atoms with Crippen LogP contribution >= 0.6 is 11.6 Å². The van der Waals surface area contributed by atoms with Crippen molar-refractivity contribution in [1.82, 2.24) is 0 Å². The second-order valence-corrected chi connectivity index (χ2v) is 4.68. The maximum Gasteiger partial charge on any atom is 1.00 e. The van der Waals surface area contributed by atoms with E-state index >= 15 is 0 Å². The molecule has 2 unspecified atom stereocenters. The molecular weight excluding hydrogens is 356 g/mol. The molecule has 1 fully saturated rings. The fraction of sp³-hybridized carbons (Fsp3) is 0.462. The van der Waals surface area contributed by atoms with Crippen molar-refractivity contribution in [3.05, 3.63) is 41.5 Å². The summed E-state index contributed by atoms with van der Waals surface area (Å²) in [6.07, 6.45) is 0.847. The minimum Gasteiger partial charge on any atom is -0.529 e. The van der Waals surface area contributed by atoms with Gasteiger partial charge in [0.2, 0.25) is 0 Å². The zero-order chi connectivity index (χ0) is 11.5. The van der Waals surface area contributed by atoms with Gasteiger partial charge in [-0.15, -0.1) is 5.92 Å². The SMILES string of the molecule is CC(OC1C[C@@H](C)[CH-]O1)c1ccc(Cl)cc1.[Cs+]. The third-order valence-electron chi connectivity index (χ3n) is 2.72. The van der Waals surface area contributed by atoms with Crippen LogP contribution in [0.3, 0.4) is 0 Å². The fourth-order valence-electron chi connectivity index (χ4n) is 1.76. The molecule has 88 valence electrons. The number of ether oxygens (including phenoxy) is 2. The molecule has 0 radical (unpaired) electrons. The largest absolute Gasteiger partial charge is 1.00 e. The second-order valence-electron chi connectivity index (χ2n) is 4.24. The molecule has 1 aliphatic heterocycles. The van der Waals surface area contributed by atoms with Gasteiger partial charge in [0.05, 0.1) is 6.10 Å². The first-order chi connectivity index (χ1) is 7.65. The van der Waals surface area contributed by atoms with Crippen molar-refractivity contribution in [3.63, 3.8) is 0 Å². The van der Waals surface area contributed by atoms with Gasteiger partial charge in [-0.2, -0.15) is 0 Å². The number of hydrogen-bond acceptors (Lipinski definition) is 2. The quantitative estimate of drug-likeness (QED) is 0.736. The molecule has 3 atom stereocenters. The third-order valence-corrected chi connectivity index (χ3v) is 2.97. The van der Waals surface area contributed by atoms with Gasteiger partial charge in [0, 0.05) is 5.02 Å². The molecule has 0 N–H and O–H groups in total. The van der Waals surface area contributed by atoms with Crippen LogP contribution in [-0.4, -0.2) is 6.29 Å². The number of hydrogen-bond donors (Lipinski definition) is 0. The maximum atomic E-state index is 5.84. The van der Waals surface area contributed by atoms with E-state index in [9.17, 15) is 0 Å². The van der Waals surface area contributed by atoms with Gasteiger partial charge < -0.3 is 9.47 Å². The molecule has 17 heavy (non-hydrogen) atoms. The van der Waals surface area contributed by atoms with Crippen LogP contribution in [0.2, 0.25) is 5.02 Å². The van der Waals surface area contributed by atoms with Crippen molar-refractivity contribution in [2.75, 3.05) is 0 Å². The van der Waals surface area contributed by atoms with Gasteiger partial charge in [0.1, 0.15) is 6.29 Å². The van der Waals surface area contributed by atoms with Gasteiger partial charge in [-0.3, -0.25) is 0 Å². The number of rotatable bonds is 3. The van der Waals surface area contributed by atoms with Crippen LogP contribution < -0.4 is 68.9 Å². The van der Waals surface area contributed by atoms with Crippen LogP contribution in [0.25, 0.3) is 0 Å². The van der Waals surface area contributed by atoms with E-state index in [1.54, 1.807) is 0 Å². The van der Waals surface area contributed by atoms with Crippen LogP contribution in [0.5, 0.6) is 0 Å². The van der Waals surface area contributed by atoms with Gasteiger partial charge in [-0.05, 0) is 31.0 Å². The predicted molar refractivity (Wildman–Crippen MR) is 63.9 cm³/mol. The number of benzene rings is 1. The summed E-state index contributed by atoms with van der Waals surface area (Å²) in [6, 6.07) is 7.71. The van der Waals surface area contributed by atoms with E-state index in [0.717, 1.165) is 17.0 Å². The predicted octanol–water partition coefficient (Wildman–Crippen LogP) is 0.966. The van der Waals surface area contributed by atoms with Crippen molar-refractivity contribution in [1.29, 1.82) is 0 Å². The monoisotopic (exact) mass is 372 g/mol. The first kappa shape index (κ1) is 16.5. The molecule has 0 aliphatic carbocycles. The summed E-state index contributed by atoms with van der Waals surface area (Å²) < 4.78 is 11.2. The summed E-state index contributed by atoms with van der Waals surface area (Å²) in [5, 5.41) is 0.745. The molecule has 0 spiro atoms. The molecule has 1 aliphatic rings. The molecule has 0 saturated carbocycles. The Morgan fingerprint density at radius 2 is 2.06 bits per heavy atom. The Kier molecular flexibility index (Phi) is 7.71. The molecule has 2 nitrogen and oxygen atoms in total. The Hall–Kier alpha value is 1.48. The molecule has 0 amide bonds. The Balaban J connectivity index is 0.00000144. The summed E-state index contributed by atoms with van der Waals surface area (Å²) in [4.78, 5) is 0. The average Bonchev–Trinajstić information content (AvgIpc) is 2.65. The first-order valence-electron chi connectivity index (χ1n) is 5.55. The Bertz CT molecular complexity index is 342. The molecule has 1 aromatic rings. The van der Waals surface area contributed by atoms with Crippen LogP contribution in [0, 0.1) is 12.5 Å². The summed E-state index contributed by atoms with van der Waals surface area (Å²) in [5.74, 6) is 0.474. The smallest absolute Gasteiger partial charge is 0.529 e. The minimum atomic E-state index is -0.110. The van der Waals surface area contributed by atoms with Crippen LogP contribution in [0.1, 0.15) is 31.9 Å². The van der Waals surface area contributed by atoms with E-state index in [2.05, 4.69) is 6.92 Å². The fourth-order valence-corrected chi connectivity index (χ4v) is 1.89. The molecule has 1 aromatic carbocycles. The van der Waals surface area contributed by atoms with Gasteiger partial charge in [0.15, 0.2) is 0 Å². The molecular formula is C13H16ClCsO2. The van der Waals surface area contributed by atoms with Gasteiger partial charge >= 0.3 is 68.9 Å². The average molecular weight is 373 g/mol. The van der Waals surface area contributed by atoms with E-state index in [1.165, 1.54) is 0 Å². The molecule has 2 rings (SSSR count). The van der Waals surface area contributed by atoms with Gasteiger partial charge in [-0.25, -0.2) is 6.61 Å². The van der Waals surface area contributed by atoms with E-state index in [0.29, 0.717) is 5.92 Å². The topological polar surface area (TPSA) is 18.5 Å².